The molecular formula is C15H18BrNS. The molecule has 1 aromatic heterocycles. The number of aryl methyl sites for hydroxylation is 2. The monoisotopic (exact) mass is 323 g/mol. The summed E-state index contributed by atoms with van der Waals surface area (Å²) in [6, 6.07) is 7.04. The van der Waals surface area contributed by atoms with Crippen LogP contribution < -0.4 is 5.32 Å². The second-order valence-corrected chi connectivity index (χ2v) is 6.25. The van der Waals surface area contributed by atoms with Crippen LogP contribution in [0.5, 0.6) is 0 Å². The van der Waals surface area contributed by atoms with Crippen molar-refractivity contribution in [3.05, 3.63) is 55.7 Å². The van der Waals surface area contributed by atoms with E-state index in [1.165, 1.54) is 26.7 Å². The van der Waals surface area contributed by atoms with Gasteiger partial charge in [0.05, 0.1) is 0 Å². The third kappa shape index (κ3) is 3.02. The van der Waals surface area contributed by atoms with E-state index in [-0.39, 0.29) is 0 Å². The van der Waals surface area contributed by atoms with Crippen LogP contribution in [-0.2, 0) is 6.42 Å². The zero-order valence-electron chi connectivity index (χ0n) is 11.0. The third-order valence-electron chi connectivity index (χ3n) is 3.29. The molecule has 1 nitrogen and oxygen atoms in total. The first-order chi connectivity index (χ1) is 8.61. The zero-order chi connectivity index (χ0) is 13.1. The Morgan fingerprint density at radius 2 is 2.06 bits per heavy atom. The van der Waals surface area contributed by atoms with E-state index in [1.54, 1.807) is 11.3 Å². The minimum Gasteiger partial charge on any atom is -0.313 e. The number of likely N-dealkylation sites (N-methyl/N-ethyl adjacent to an activating group) is 1. The predicted octanol–water partition coefficient (Wildman–Crippen LogP) is 4.63. The molecule has 0 amide bonds. The zero-order valence-corrected chi connectivity index (χ0v) is 13.4. The lowest BCUT2D eigenvalue weighted by molar-refractivity contribution is 0.590. The Bertz CT molecular complexity index is 533. The highest BCUT2D eigenvalue weighted by Gasteiger charge is 2.15. The normalized spacial score (nSPS) is 12.7. The SMILES string of the molecule is CNC(Cc1cc(C)ccc1C)c1cscc1Br. The summed E-state index contributed by atoms with van der Waals surface area (Å²) in [6.07, 6.45) is 1.03. The van der Waals surface area contributed by atoms with Crippen LogP contribution in [0.3, 0.4) is 0 Å². The maximum absolute atomic E-state index is 3.62. The molecule has 1 heterocycles. The van der Waals surface area contributed by atoms with Crippen molar-refractivity contribution in [3.63, 3.8) is 0 Å². The Morgan fingerprint density at radius 1 is 1.28 bits per heavy atom. The minimum atomic E-state index is 0.367. The van der Waals surface area contributed by atoms with Crippen LogP contribution in [0.15, 0.2) is 33.4 Å². The standard InChI is InChI=1S/C15H18BrNS/c1-10-4-5-11(2)12(6-10)7-15(17-3)13-8-18-9-14(13)16/h4-6,8-9,15,17H,7H2,1-3H3. The molecule has 2 rings (SSSR count). The highest BCUT2D eigenvalue weighted by Crippen LogP contribution is 2.30. The largest absolute Gasteiger partial charge is 0.313 e. The van der Waals surface area contributed by atoms with Crippen molar-refractivity contribution in [2.75, 3.05) is 7.05 Å². The van der Waals surface area contributed by atoms with E-state index in [0.717, 1.165) is 6.42 Å². The van der Waals surface area contributed by atoms with Gasteiger partial charge >= 0.3 is 0 Å². The van der Waals surface area contributed by atoms with Gasteiger partial charge in [0.25, 0.3) is 0 Å². The summed E-state index contributed by atoms with van der Waals surface area (Å²) in [6.45, 7) is 4.34. The molecule has 0 saturated heterocycles. The molecule has 0 aliphatic heterocycles. The maximum atomic E-state index is 3.62. The second kappa shape index (κ2) is 6.00. The van der Waals surface area contributed by atoms with Gasteiger partial charge in [-0.15, -0.1) is 0 Å². The van der Waals surface area contributed by atoms with E-state index < -0.39 is 0 Å². The van der Waals surface area contributed by atoms with E-state index in [4.69, 9.17) is 0 Å². The van der Waals surface area contributed by atoms with Gasteiger partial charge in [0, 0.05) is 15.9 Å². The van der Waals surface area contributed by atoms with Gasteiger partial charge in [-0.1, -0.05) is 23.8 Å². The van der Waals surface area contributed by atoms with E-state index >= 15 is 0 Å². The molecule has 0 aliphatic rings. The van der Waals surface area contributed by atoms with Gasteiger partial charge in [0.1, 0.15) is 0 Å². The molecular weight excluding hydrogens is 306 g/mol. The lowest BCUT2D eigenvalue weighted by atomic mass is 9.96. The molecule has 0 radical (unpaired) electrons. The van der Waals surface area contributed by atoms with Crippen molar-refractivity contribution >= 4 is 27.3 Å². The summed E-state index contributed by atoms with van der Waals surface area (Å²) in [5.41, 5.74) is 5.47. The lowest BCUT2D eigenvalue weighted by Gasteiger charge is -2.18. The Balaban J connectivity index is 2.26. The first kappa shape index (κ1) is 13.8. The van der Waals surface area contributed by atoms with Crippen LogP contribution in [0, 0.1) is 13.8 Å². The summed E-state index contributed by atoms with van der Waals surface area (Å²) in [7, 11) is 2.03. The van der Waals surface area contributed by atoms with E-state index in [1.807, 2.05) is 7.05 Å². The van der Waals surface area contributed by atoms with Crippen LogP contribution in [0.1, 0.15) is 28.3 Å². The maximum Gasteiger partial charge on any atom is 0.0378 e. The number of hydrogen-bond acceptors (Lipinski definition) is 2. The molecule has 0 bridgehead atoms. The number of nitrogens with one attached hydrogen (secondary N) is 1. The molecule has 0 saturated carbocycles. The number of rotatable bonds is 4. The second-order valence-electron chi connectivity index (χ2n) is 4.65. The van der Waals surface area contributed by atoms with Crippen molar-refractivity contribution < 1.29 is 0 Å². The van der Waals surface area contributed by atoms with Gasteiger partial charge in [-0.2, -0.15) is 11.3 Å². The summed E-state index contributed by atoms with van der Waals surface area (Å²) < 4.78 is 1.21. The van der Waals surface area contributed by atoms with Crippen LogP contribution in [0.4, 0.5) is 0 Å². The van der Waals surface area contributed by atoms with Crippen LogP contribution in [0.25, 0.3) is 0 Å². The first-order valence-electron chi connectivity index (χ1n) is 6.06. The Hall–Kier alpha value is -0.640. The predicted molar refractivity (Wildman–Crippen MR) is 83.4 cm³/mol. The van der Waals surface area contributed by atoms with Crippen molar-refractivity contribution in [2.45, 2.75) is 26.3 Å². The Morgan fingerprint density at radius 3 is 2.67 bits per heavy atom. The minimum absolute atomic E-state index is 0.367. The average molecular weight is 324 g/mol. The van der Waals surface area contributed by atoms with E-state index in [2.05, 4.69) is 64.1 Å². The fraction of sp³-hybridized carbons (Fsp3) is 0.333. The molecule has 0 fully saturated rings. The number of benzene rings is 1. The molecule has 3 heteroatoms. The van der Waals surface area contributed by atoms with Gasteiger partial charge in [-0.05, 0) is 65.3 Å². The van der Waals surface area contributed by atoms with Crippen molar-refractivity contribution in [3.8, 4) is 0 Å². The van der Waals surface area contributed by atoms with Gasteiger partial charge in [0.15, 0.2) is 0 Å². The van der Waals surface area contributed by atoms with Gasteiger partial charge in [0.2, 0.25) is 0 Å². The lowest BCUT2D eigenvalue weighted by Crippen LogP contribution is -2.19. The molecule has 0 aliphatic carbocycles. The molecule has 1 unspecified atom stereocenters. The highest BCUT2D eigenvalue weighted by molar-refractivity contribution is 9.10. The number of halogens is 1. The molecule has 2 aromatic rings. The van der Waals surface area contributed by atoms with Gasteiger partial charge in [-0.3, -0.25) is 0 Å². The summed E-state index contributed by atoms with van der Waals surface area (Å²) in [5.74, 6) is 0. The topological polar surface area (TPSA) is 12.0 Å². The fourth-order valence-electron chi connectivity index (χ4n) is 2.15. The summed E-state index contributed by atoms with van der Waals surface area (Å²) in [4.78, 5) is 0. The molecule has 96 valence electrons. The quantitative estimate of drug-likeness (QED) is 0.864. The molecule has 0 spiro atoms. The fourth-order valence-corrected chi connectivity index (χ4v) is 3.78. The molecule has 1 N–H and O–H groups in total. The Labute approximate surface area is 121 Å². The van der Waals surface area contributed by atoms with Gasteiger partial charge in [-0.25, -0.2) is 0 Å². The molecule has 1 aromatic carbocycles. The highest BCUT2D eigenvalue weighted by atomic mass is 79.9. The van der Waals surface area contributed by atoms with Crippen molar-refractivity contribution in [2.24, 2.45) is 0 Å². The molecule has 18 heavy (non-hydrogen) atoms. The Kier molecular flexibility index (Phi) is 4.60. The van der Waals surface area contributed by atoms with E-state index in [0.29, 0.717) is 6.04 Å². The van der Waals surface area contributed by atoms with Crippen molar-refractivity contribution in [1.29, 1.82) is 0 Å². The van der Waals surface area contributed by atoms with Crippen LogP contribution in [-0.4, -0.2) is 7.05 Å². The van der Waals surface area contributed by atoms with Gasteiger partial charge < -0.3 is 5.32 Å². The third-order valence-corrected chi connectivity index (χ3v) is 5.05. The summed E-state index contributed by atoms with van der Waals surface area (Å²) in [5, 5.41) is 7.78. The van der Waals surface area contributed by atoms with Crippen LogP contribution >= 0.6 is 27.3 Å². The van der Waals surface area contributed by atoms with E-state index in [9.17, 15) is 0 Å². The van der Waals surface area contributed by atoms with Crippen LogP contribution in [0.2, 0.25) is 0 Å². The summed E-state index contributed by atoms with van der Waals surface area (Å²) >= 11 is 5.37. The number of thiophene rings is 1. The van der Waals surface area contributed by atoms with Crippen molar-refractivity contribution in [1.82, 2.24) is 5.32 Å². The first-order valence-corrected chi connectivity index (χ1v) is 7.80. The number of hydrogen-bond donors (Lipinski definition) is 1. The average Bonchev–Trinajstić information content (AvgIpc) is 2.77. The smallest absolute Gasteiger partial charge is 0.0378 e. The molecule has 1 atom stereocenters.